The molecule has 1 amide bonds. The molecule has 0 radical (unpaired) electrons. The second-order valence-corrected chi connectivity index (χ2v) is 8.71. The summed E-state index contributed by atoms with van der Waals surface area (Å²) >= 11 is 0. The Morgan fingerprint density at radius 1 is 1.34 bits per heavy atom. The number of aryl methyl sites for hydroxylation is 2. The molecule has 3 heterocycles. The van der Waals surface area contributed by atoms with Gasteiger partial charge in [-0.1, -0.05) is 5.16 Å². The van der Waals surface area contributed by atoms with E-state index in [1.165, 1.54) is 19.3 Å². The summed E-state index contributed by atoms with van der Waals surface area (Å²) < 4.78 is 1.96. The number of aromatic nitrogens is 3. The maximum atomic E-state index is 11.3. The molecule has 3 aliphatic rings. The van der Waals surface area contributed by atoms with Crippen molar-refractivity contribution in [1.29, 1.82) is 0 Å². The van der Waals surface area contributed by atoms with Crippen molar-refractivity contribution in [2.75, 3.05) is 5.32 Å². The molecule has 2 saturated carbocycles. The van der Waals surface area contributed by atoms with Crippen LogP contribution >= 0.6 is 0 Å². The van der Waals surface area contributed by atoms with Crippen molar-refractivity contribution >= 4 is 28.3 Å². The van der Waals surface area contributed by atoms with Gasteiger partial charge in [-0.2, -0.15) is 5.10 Å². The fraction of sp³-hybridized carbons (Fsp3) is 0.619. The first-order valence-electron chi connectivity index (χ1n) is 10.6. The van der Waals surface area contributed by atoms with Crippen LogP contribution in [0.3, 0.4) is 0 Å². The molecule has 1 spiro atoms. The number of nitrogens with zero attached hydrogens (tertiary/aromatic N) is 4. The van der Waals surface area contributed by atoms with Crippen LogP contribution in [0.2, 0.25) is 0 Å². The molecular formula is C21H28N6O2. The predicted octanol–water partition coefficient (Wildman–Crippen LogP) is 2.89. The Morgan fingerprint density at radius 2 is 2.14 bits per heavy atom. The molecule has 154 valence electrons. The molecular weight excluding hydrogens is 368 g/mol. The molecule has 2 fully saturated rings. The molecule has 0 unspecified atom stereocenters. The number of fused-ring (bicyclic) bond motifs is 1. The Labute approximate surface area is 170 Å². The smallest absolute Gasteiger partial charge is 0.217 e. The molecule has 0 aromatic carbocycles. The van der Waals surface area contributed by atoms with Crippen molar-refractivity contribution in [2.24, 2.45) is 5.16 Å². The maximum Gasteiger partial charge on any atom is 0.217 e. The van der Waals surface area contributed by atoms with Gasteiger partial charge in [-0.25, -0.2) is 9.67 Å². The SMILES string of the molecule is CCn1nc(C)c2c(NC3CCC3)c(C3=NOC4(C3)CC(NC(C)=O)C4)cnc21. The molecule has 2 N–H and O–H groups in total. The van der Waals surface area contributed by atoms with E-state index in [9.17, 15) is 4.79 Å². The number of carbonyl (C=O) groups excluding carboxylic acids is 1. The molecule has 0 bridgehead atoms. The number of oxime groups is 1. The van der Waals surface area contributed by atoms with Crippen LogP contribution in [0.4, 0.5) is 5.69 Å². The molecule has 29 heavy (non-hydrogen) atoms. The predicted molar refractivity (Wildman–Crippen MR) is 111 cm³/mol. The van der Waals surface area contributed by atoms with Crippen LogP contribution in [0.1, 0.15) is 63.6 Å². The van der Waals surface area contributed by atoms with E-state index in [0.717, 1.165) is 59.5 Å². The third-order valence-electron chi connectivity index (χ3n) is 6.48. The largest absolute Gasteiger partial charge is 0.388 e. The Kier molecular flexibility index (Phi) is 4.26. The second kappa shape index (κ2) is 6.71. The highest BCUT2D eigenvalue weighted by Gasteiger charge is 2.51. The van der Waals surface area contributed by atoms with E-state index >= 15 is 0 Å². The van der Waals surface area contributed by atoms with Gasteiger partial charge in [0.25, 0.3) is 0 Å². The highest BCUT2D eigenvalue weighted by atomic mass is 16.7. The monoisotopic (exact) mass is 396 g/mol. The second-order valence-electron chi connectivity index (χ2n) is 8.71. The topological polar surface area (TPSA) is 93.4 Å². The average molecular weight is 396 g/mol. The van der Waals surface area contributed by atoms with Crippen molar-refractivity contribution in [3.05, 3.63) is 17.5 Å². The third-order valence-corrected chi connectivity index (χ3v) is 6.48. The van der Waals surface area contributed by atoms with E-state index in [-0.39, 0.29) is 17.6 Å². The summed E-state index contributed by atoms with van der Waals surface area (Å²) in [5.41, 5.74) is 4.66. The quantitative estimate of drug-likeness (QED) is 0.811. The van der Waals surface area contributed by atoms with Crippen LogP contribution in [0, 0.1) is 6.92 Å². The zero-order valence-corrected chi connectivity index (χ0v) is 17.3. The van der Waals surface area contributed by atoms with Gasteiger partial charge in [-0.05, 0) is 33.1 Å². The number of hydrogen-bond donors (Lipinski definition) is 2. The van der Waals surface area contributed by atoms with Crippen LogP contribution in [0.5, 0.6) is 0 Å². The van der Waals surface area contributed by atoms with Crippen LogP contribution < -0.4 is 10.6 Å². The first kappa shape index (κ1) is 18.4. The molecule has 8 heteroatoms. The van der Waals surface area contributed by atoms with E-state index in [4.69, 9.17) is 9.82 Å². The molecule has 2 aliphatic carbocycles. The standard InChI is InChI=1S/C21H28N6O2/c1-4-27-20-18(12(2)25-27)19(24-14-6-5-7-14)16(11-22-20)17-10-21(29-26-17)8-15(9-21)23-13(3)28/h11,14-15H,4-10H2,1-3H3,(H,22,24)(H,23,28). The summed E-state index contributed by atoms with van der Waals surface area (Å²) in [6.07, 6.45) is 7.91. The summed E-state index contributed by atoms with van der Waals surface area (Å²) in [6.45, 7) is 6.48. The minimum Gasteiger partial charge on any atom is -0.388 e. The lowest BCUT2D eigenvalue weighted by Gasteiger charge is -2.42. The van der Waals surface area contributed by atoms with Crippen molar-refractivity contribution in [3.8, 4) is 0 Å². The van der Waals surface area contributed by atoms with Crippen LogP contribution in [0.25, 0.3) is 11.0 Å². The number of anilines is 1. The Bertz CT molecular complexity index is 1000. The summed E-state index contributed by atoms with van der Waals surface area (Å²) in [5.74, 6) is 0.00837. The van der Waals surface area contributed by atoms with Gasteiger partial charge in [0.15, 0.2) is 5.65 Å². The van der Waals surface area contributed by atoms with Crippen LogP contribution in [-0.2, 0) is 16.2 Å². The number of rotatable bonds is 5. The van der Waals surface area contributed by atoms with Gasteiger partial charge in [-0.15, -0.1) is 0 Å². The van der Waals surface area contributed by atoms with Gasteiger partial charge in [0.1, 0.15) is 5.60 Å². The van der Waals surface area contributed by atoms with Crippen molar-refractivity contribution < 1.29 is 9.63 Å². The van der Waals surface area contributed by atoms with Gasteiger partial charge >= 0.3 is 0 Å². The Balaban J connectivity index is 1.46. The van der Waals surface area contributed by atoms with Gasteiger partial charge < -0.3 is 15.5 Å². The molecule has 8 nitrogen and oxygen atoms in total. The van der Waals surface area contributed by atoms with Gasteiger partial charge in [-0.3, -0.25) is 4.79 Å². The van der Waals surface area contributed by atoms with E-state index < -0.39 is 0 Å². The minimum atomic E-state index is -0.284. The molecule has 5 rings (SSSR count). The highest BCUT2D eigenvalue weighted by molar-refractivity contribution is 6.11. The highest BCUT2D eigenvalue weighted by Crippen LogP contribution is 2.45. The Morgan fingerprint density at radius 3 is 2.79 bits per heavy atom. The molecule has 2 aromatic heterocycles. The van der Waals surface area contributed by atoms with Gasteiger partial charge in [0.05, 0.1) is 22.5 Å². The van der Waals surface area contributed by atoms with E-state index in [0.29, 0.717) is 6.04 Å². The average Bonchev–Trinajstić information content (AvgIpc) is 3.19. The normalized spacial score (nSPS) is 26.0. The molecule has 1 aliphatic heterocycles. The summed E-state index contributed by atoms with van der Waals surface area (Å²) in [6, 6.07) is 0.675. The Hall–Kier alpha value is -2.64. The van der Waals surface area contributed by atoms with Crippen LogP contribution in [-0.4, -0.2) is 44.1 Å². The lowest BCUT2D eigenvalue weighted by Crippen LogP contribution is -2.54. The number of amides is 1. The first-order valence-corrected chi connectivity index (χ1v) is 10.6. The zero-order valence-electron chi connectivity index (χ0n) is 17.3. The lowest BCUT2D eigenvalue weighted by molar-refractivity contribution is -0.126. The zero-order chi connectivity index (χ0) is 20.2. The van der Waals surface area contributed by atoms with Crippen LogP contribution in [0.15, 0.2) is 11.4 Å². The van der Waals surface area contributed by atoms with Gasteiger partial charge in [0, 0.05) is 56.6 Å². The first-order chi connectivity index (χ1) is 14.0. The van der Waals surface area contributed by atoms with Crippen molar-refractivity contribution in [2.45, 2.75) is 83.5 Å². The summed E-state index contributed by atoms with van der Waals surface area (Å²) in [7, 11) is 0. The van der Waals surface area contributed by atoms with Gasteiger partial charge in [0.2, 0.25) is 5.91 Å². The number of carbonyl (C=O) groups is 1. The summed E-state index contributed by atoms with van der Waals surface area (Å²) in [5, 5.41) is 17.0. The maximum absolute atomic E-state index is 11.3. The molecule has 2 aromatic rings. The van der Waals surface area contributed by atoms with Crippen molar-refractivity contribution in [3.63, 3.8) is 0 Å². The number of nitrogens with one attached hydrogen (secondary N) is 2. The summed E-state index contributed by atoms with van der Waals surface area (Å²) in [4.78, 5) is 21.9. The lowest BCUT2D eigenvalue weighted by atomic mass is 9.72. The fourth-order valence-electron chi connectivity index (χ4n) is 4.78. The fourth-order valence-corrected chi connectivity index (χ4v) is 4.78. The molecule has 0 saturated heterocycles. The number of pyridine rings is 1. The van der Waals surface area contributed by atoms with E-state index in [1.807, 2.05) is 17.8 Å². The van der Waals surface area contributed by atoms with E-state index in [1.54, 1.807) is 6.92 Å². The molecule has 0 atom stereocenters. The van der Waals surface area contributed by atoms with E-state index in [2.05, 4.69) is 27.8 Å². The number of hydrogen-bond acceptors (Lipinski definition) is 6. The third kappa shape index (κ3) is 3.05. The van der Waals surface area contributed by atoms with Crippen molar-refractivity contribution in [1.82, 2.24) is 20.1 Å². The minimum absolute atomic E-state index is 0.00837.